The van der Waals surface area contributed by atoms with Crippen molar-refractivity contribution < 1.29 is 9.53 Å². The minimum Gasteiger partial charge on any atom is -0.379 e. The Morgan fingerprint density at radius 1 is 1.10 bits per heavy atom. The lowest BCUT2D eigenvalue weighted by molar-refractivity contribution is -0.138. The number of carbonyl (C=O) groups is 1. The second-order valence-corrected chi connectivity index (χ2v) is 6.68. The quantitative estimate of drug-likeness (QED) is 0.857. The lowest BCUT2D eigenvalue weighted by Crippen LogP contribution is -2.48. The molecule has 1 N–H and O–H groups in total. The van der Waals surface area contributed by atoms with E-state index in [1.54, 1.807) is 0 Å². The molecule has 1 aliphatic carbocycles. The van der Waals surface area contributed by atoms with E-state index in [2.05, 4.69) is 10.2 Å². The number of nitrogens with one attached hydrogen (secondary N) is 1. The van der Waals surface area contributed by atoms with Crippen molar-refractivity contribution in [1.29, 1.82) is 0 Å². The lowest BCUT2D eigenvalue weighted by Gasteiger charge is -2.35. The van der Waals surface area contributed by atoms with Crippen LogP contribution < -0.4 is 5.32 Å². The zero-order chi connectivity index (χ0) is 13.9. The van der Waals surface area contributed by atoms with Gasteiger partial charge in [0.05, 0.1) is 19.1 Å². The van der Waals surface area contributed by atoms with E-state index >= 15 is 0 Å². The summed E-state index contributed by atoms with van der Waals surface area (Å²) in [7, 11) is 1.93. The topological polar surface area (TPSA) is 41.6 Å². The van der Waals surface area contributed by atoms with Crippen LogP contribution in [0.15, 0.2) is 0 Å². The molecule has 1 saturated carbocycles. The molecule has 0 radical (unpaired) electrons. The standard InChI is InChI=1S/C16H28N2O2/c1-17-14-11-20-10-13(14)16(19)18-9-5-8-15(18)12-6-3-2-4-7-12/h12-15,17H,2-11H2,1H3. The van der Waals surface area contributed by atoms with Gasteiger partial charge in [-0.3, -0.25) is 4.79 Å². The summed E-state index contributed by atoms with van der Waals surface area (Å²) in [5.74, 6) is 1.13. The number of hydrogen-bond acceptors (Lipinski definition) is 3. The molecule has 20 heavy (non-hydrogen) atoms. The number of nitrogens with zero attached hydrogens (tertiary/aromatic N) is 1. The van der Waals surface area contributed by atoms with Crippen LogP contribution in [0.3, 0.4) is 0 Å². The van der Waals surface area contributed by atoms with Crippen molar-refractivity contribution in [2.75, 3.05) is 26.8 Å². The molecule has 3 atom stereocenters. The molecule has 3 fully saturated rings. The fraction of sp³-hybridized carbons (Fsp3) is 0.938. The Labute approximate surface area is 122 Å². The number of carbonyl (C=O) groups excluding carboxylic acids is 1. The van der Waals surface area contributed by atoms with Gasteiger partial charge in [0.25, 0.3) is 0 Å². The first-order chi connectivity index (χ1) is 9.81. The molecule has 0 bridgehead atoms. The van der Waals surface area contributed by atoms with Crippen molar-refractivity contribution in [1.82, 2.24) is 10.2 Å². The van der Waals surface area contributed by atoms with Crippen LogP contribution >= 0.6 is 0 Å². The first kappa shape index (κ1) is 14.3. The molecule has 2 aliphatic heterocycles. The van der Waals surface area contributed by atoms with Crippen LogP contribution in [-0.4, -0.2) is 49.7 Å². The van der Waals surface area contributed by atoms with E-state index in [1.807, 2.05) is 7.05 Å². The van der Waals surface area contributed by atoms with Crippen molar-refractivity contribution in [3.05, 3.63) is 0 Å². The van der Waals surface area contributed by atoms with Gasteiger partial charge in [0, 0.05) is 18.6 Å². The average Bonchev–Trinajstić information content (AvgIpc) is 3.16. The van der Waals surface area contributed by atoms with Crippen LogP contribution in [0.4, 0.5) is 0 Å². The van der Waals surface area contributed by atoms with E-state index in [4.69, 9.17) is 4.74 Å². The van der Waals surface area contributed by atoms with Crippen LogP contribution in [0.5, 0.6) is 0 Å². The molecule has 2 heterocycles. The van der Waals surface area contributed by atoms with E-state index in [-0.39, 0.29) is 12.0 Å². The number of hydrogen-bond donors (Lipinski definition) is 1. The van der Waals surface area contributed by atoms with E-state index in [9.17, 15) is 4.79 Å². The highest BCUT2D eigenvalue weighted by molar-refractivity contribution is 5.80. The molecule has 4 nitrogen and oxygen atoms in total. The molecule has 0 aromatic heterocycles. The number of ether oxygens (including phenoxy) is 1. The average molecular weight is 280 g/mol. The van der Waals surface area contributed by atoms with Gasteiger partial charge in [0.2, 0.25) is 5.91 Å². The molecule has 0 spiro atoms. The number of amides is 1. The van der Waals surface area contributed by atoms with Crippen LogP contribution in [0.2, 0.25) is 0 Å². The number of rotatable bonds is 3. The summed E-state index contributed by atoms with van der Waals surface area (Å²) in [4.78, 5) is 15.1. The van der Waals surface area contributed by atoms with Crippen molar-refractivity contribution in [3.63, 3.8) is 0 Å². The maximum atomic E-state index is 12.9. The van der Waals surface area contributed by atoms with Gasteiger partial charge in [0.1, 0.15) is 0 Å². The maximum Gasteiger partial charge on any atom is 0.229 e. The Balaban J connectivity index is 1.66. The summed E-state index contributed by atoms with van der Waals surface area (Å²) in [5.41, 5.74) is 0. The summed E-state index contributed by atoms with van der Waals surface area (Å²) >= 11 is 0. The van der Waals surface area contributed by atoms with Gasteiger partial charge in [-0.2, -0.15) is 0 Å². The van der Waals surface area contributed by atoms with Gasteiger partial charge in [-0.05, 0) is 38.6 Å². The predicted octanol–water partition coefficient (Wildman–Crippen LogP) is 1.79. The first-order valence-electron chi connectivity index (χ1n) is 8.36. The molecule has 4 heteroatoms. The molecule has 3 aliphatic rings. The smallest absolute Gasteiger partial charge is 0.229 e. The van der Waals surface area contributed by atoms with Crippen LogP contribution in [0.1, 0.15) is 44.9 Å². The third-order valence-electron chi connectivity index (χ3n) is 5.54. The fourth-order valence-corrected chi connectivity index (χ4v) is 4.37. The Bertz CT molecular complexity index is 341. The summed E-state index contributed by atoms with van der Waals surface area (Å²) < 4.78 is 5.51. The van der Waals surface area contributed by atoms with Gasteiger partial charge < -0.3 is 15.0 Å². The summed E-state index contributed by atoms with van der Waals surface area (Å²) in [5, 5.41) is 3.24. The number of likely N-dealkylation sites (N-methyl/N-ethyl adjacent to an activating group) is 1. The van der Waals surface area contributed by atoms with Crippen LogP contribution in [-0.2, 0) is 9.53 Å². The highest BCUT2D eigenvalue weighted by Gasteiger charge is 2.41. The third kappa shape index (κ3) is 2.73. The largest absolute Gasteiger partial charge is 0.379 e. The lowest BCUT2D eigenvalue weighted by atomic mass is 9.82. The normalized spacial score (nSPS) is 35.6. The van der Waals surface area contributed by atoms with E-state index < -0.39 is 0 Å². The van der Waals surface area contributed by atoms with Crippen LogP contribution in [0, 0.1) is 11.8 Å². The maximum absolute atomic E-state index is 12.9. The van der Waals surface area contributed by atoms with E-state index in [1.165, 1.54) is 44.9 Å². The van der Waals surface area contributed by atoms with Gasteiger partial charge in [0.15, 0.2) is 0 Å². The predicted molar refractivity (Wildman–Crippen MR) is 78.5 cm³/mol. The Morgan fingerprint density at radius 2 is 1.90 bits per heavy atom. The van der Waals surface area contributed by atoms with E-state index in [0.29, 0.717) is 25.2 Å². The highest BCUT2D eigenvalue weighted by atomic mass is 16.5. The van der Waals surface area contributed by atoms with Crippen molar-refractivity contribution in [3.8, 4) is 0 Å². The zero-order valence-corrected chi connectivity index (χ0v) is 12.6. The van der Waals surface area contributed by atoms with Gasteiger partial charge >= 0.3 is 0 Å². The first-order valence-corrected chi connectivity index (χ1v) is 8.36. The van der Waals surface area contributed by atoms with Gasteiger partial charge in [-0.25, -0.2) is 0 Å². The number of likely N-dealkylation sites (tertiary alicyclic amines) is 1. The zero-order valence-electron chi connectivity index (χ0n) is 12.6. The second-order valence-electron chi connectivity index (χ2n) is 6.68. The molecule has 2 saturated heterocycles. The SMILES string of the molecule is CNC1COCC1C(=O)N1CCCC1C1CCCCC1. The van der Waals surface area contributed by atoms with Gasteiger partial charge in [-0.1, -0.05) is 19.3 Å². The van der Waals surface area contributed by atoms with E-state index in [0.717, 1.165) is 12.5 Å². The Hall–Kier alpha value is -0.610. The molecular weight excluding hydrogens is 252 g/mol. The van der Waals surface area contributed by atoms with Crippen LogP contribution in [0.25, 0.3) is 0 Å². The summed E-state index contributed by atoms with van der Waals surface area (Å²) in [6, 6.07) is 0.719. The molecule has 0 aromatic carbocycles. The van der Waals surface area contributed by atoms with Crippen molar-refractivity contribution in [2.45, 2.75) is 57.0 Å². The van der Waals surface area contributed by atoms with Crippen molar-refractivity contribution >= 4 is 5.91 Å². The third-order valence-corrected chi connectivity index (χ3v) is 5.54. The minimum atomic E-state index is 0.0317. The van der Waals surface area contributed by atoms with Gasteiger partial charge in [-0.15, -0.1) is 0 Å². The van der Waals surface area contributed by atoms with Crippen molar-refractivity contribution in [2.24, 2.45) is 11.8 Å². The molecule has 0 aromatic rings. The molecule has 114 valence electrons. The second kappa shape index (κ2) is 6.44. The summed E-state index contributed by atoms with van der Waals surface area (Å²) in [6.07, 6.45) is 9.15. The monoisotopic (exact) mass is 280 g/mol. The molecule has 1 amide bonds. The highest BCUT2D eigenvalue weighted by Crippen LogP contribution is 2.35. The summed E-state index contributed by atoms with van der Waals surface area (Å²) in [6.45, 7) is 2.24. The Morgan fingerprint density at radius 3 is 2.65 bits per heavy atom. The molecule has 3 rings (SSSR count). The fourth-order valence-electron chi connectivity index (χ4n) is 4.37. The molecular formula is C16H28N2O2. The minimum absolute atomic E-state index is 0.0317. The Kier molecular flexibility index (Phi) is 4.61. The molecule has 3 unspecified atom stereocenters.